The minimum absolute atomic E-state index is 0. The van der Waals surface area contributed by atoms with Crippen molar-refractivity contribution in [2.75, 3.05) is 6.61 Å². The summed E-state index contributed by atoms with van der Waals surface area (Å²) in [7, 11) is -5.36. The largest absolute Gasteiger partial charge is 1.00 e. The standard InChI is InChI=1S/C11H23O9P.2Na.2H2O/c1-7(6-19-21(16,17)18)8(2,12)9(3,13)10(4,14)11(5,15)20-7;;;;/h12-15H,6H2,1-5H3,(H2,16,17,18);;;2*1H2/q;2*+1;;/p-2/t7?,8-,9-,10?,11+;;;;/m1..../s1. The first kappa shape index (κ1) is 34.3. The normalized spacial score (nSPS) is 43.6. The molecule has 1 aliphatic rings. The van der Waals surface area contributed by atoms with Crippen LogP contribution in [0.4, 0.5) is 0 Å². The molecule has 0 aliphatic carbocycles. The van der Waals surface area contributed by atoms with Crippen LogP contribution in [-0.4, -0.2) is 66.2 Å². The summed E-state index contributed by atoms with van der Waals surface area (Å²) < 4.78 is 19.9. The van der Waals surface area contributed by atoms with Crippen LogP contribution in [0.3, 0.4) is 0 Å². The summed E-state index contributed by atoms with van der Waals surface area (Å²) in [5, 5.41) is 41.6. The van der Waals surface area contributed by atoms with E-state index in [1.165, 1.54) is 0 Å². The predicted octanol–water partition coefficient (Wildman–Crippen LogP) is -10.1. The average molecular weight is 410 g/mol. The van der Waals surface area contributed by atoms with Crippen LogP contribution >= 0.6 is 7.82 Å². The molecule has 1 saturated heterocycles. The van der Waals surface area contributed by atoms with Crippen molar-refractivity contribution in [2.45, 2.75) is 62.8 Å². The van der Waals surface area contributed by atoms with Gasteiger partial charge in [0, 0.05) is 0 Å². The van der Waals surface area contributed by atoms with Crippen molar-refractivity contribution in [3.63, 3.8) is 0 Å². The maximum Gasteiger partial charge on any atom is 1.00 e. The van der Waals surface area contributed by atoms with Crippen molar-refractivity contribution in [3.8, 4) is 0 Å². The van der Waals surface area contributed by atoms with E-state index in [1.807, 2.05) is 0 Å². The zero-order chi connectivity index (χ0) is 17.1. The molecule has 0 aromatic carbocycles. The smallest absolute Gasteiger partial charge is 0.790 e. The second-order valence-corrected chi connectivity index (χ2v) is 7.41. The van der Waals surface area contributed by atoms with Crippen LogP contribution in [0.2, 0.25) is 0 Å². The van der Waals surface area contributed by atoms with Crippen LogP contribution in [0.15, 0.2) is 0 Å². The Morgan fingerprint density at radius 3 is 1.56 bits per heavy atom. The molecule has 0 bridgehead atoms. The summed E-state index contributed by atoms with van der Waals surface area (Å²) in [6.07, 6.45) is 0. The molecule has 5 atom stereocenters. The molecule has 14 heteroatoms. The Balaban J connectivity index is -0.000000551. The van der Waals surface area contributed by atoms with E-state index in [9.17, 15) is 34.8 Å². The van der Waals surface area contributed by atoms with Crippen molar-refractivity contribution in [3.05, 3.63) is 0 Å². The molecule has 8 N–H and O–H groups in total. The van der Waals surface area contributed by atoms with Gasteiger partial charge in [-0.25, -0.2) is 0 Å². The molecule has 0 aromatic heterocycles. The number of phosphoric acid groups is 1. The summed E-state index contributed by atoms with van der Waals surface area (Å²) >= 11 is 0. The fraction of sp³-hybridized carbons (Fsp3) is 1.00. The first-order chi connectivity index (χ1) is 8.91. The topological polar surface area (TPSA) is 226 Å². The van der Waals surface area contributed by atoms with Gasteiger partial charge in [-0.1, -0.05) is 0 Å². The number of rotatable bonds is 3. The second kappa shape index (κ2) is 9.55. The van der Waals surface area contributed by atoms with Gasteiger partial charge in [0.15, 0.2) is 5.79 Å². The Hall–Kier alpha value is 1.83. The van der Waals surface area contributed by atoms with Crippen LogP contribution in [0.5, 0.6) is 0 Å². The van der Waals surface area contributed by atoms with E-state index in [0.717, 1.165) is 34.6 Å². The molecular formula is C11H25Na2O11P. The average Bonchev–Trinajstić information content (AvgIpc) is 2.22. The number of ether oxygens (including phenoxy) is 1. The van der Waals surface area contributed by atoms with E-state index < -0.39 is 42.6 Å². The molecule has 2 unspecified atom stereocenters. The number of hydrogen-bond donors (Lipinski definition) is 4. The van der Waals surface area contributed by atoms with Gasteiger partial charge in [-0.15, -0.1) is 0 Å². The van der Waals surface area contributed by atoms with E-state index in [4.69, 9.17) is 4.74 Å². The zero-order valence-electron chi connectivity index (χ0n) is 15.5. The third-order valence-corrected chi connectivity index (χ3v) is 5.20. The fourth-order valence-electron chi connectivity index (χ4n) is 2.45. The molecule has 1 fully saturated rings. The van der Waals surface area contributed by atoms with E-state index >= 15 is 0 Å². The van der Waals surface area contributed by atoms with Gasteiger partial charge in [-0.05, 0) is 34.6 Å². The van der Waals surface area contributed by atoms with Gasteiger partial charge in [0.25, 0.3) is 0 Å². The Kier molecular flexibility index (Phi) is 13.1. The zero-order valence-corrected chi connectivity index (χ0v) is 20.4. The maximum absolute atomic E-state index is 10.6. The quantitative estimate of drug-likeness (QED) is 0.255. The Bertz CT molecular complexity index is 477. The van der Waals surface area contributed by atoms with Crippen LogP contribution in [0.1, 0.15) is 34.6 Å². The molecule has 1 heterocycles. The molecule has 11 nitrogen and oxygen atoms in total. The number of phosphoric ester groups is 1. The summed E-state index contributed by atoms with van der Waals surface area (Å²) in [6.45, 7) is 4.39. The molecule has 142 valence electrons. The molecule has 1 rings (SSSR count). The molecule has 25 heavy (non-hydrogen) atoms. The van der Waals surface area contributed by atoms with E-state index in [1.54, 1.807) is 0 Å². The van der Waals surface area contributed by atoms with Crippen molar-refractivity contribution >= 4 is 7.82 Å². The van der Waals surface area contributed by atoms with Gasteiger partial charge in [0.05, 0.1) is 14.4 Å². The van der Waals surface area contributed by atoms with Crippen LogP contribution < -0.4 is 68.9 Å². The van der Waals surface area contributed by atoms with Crippen molar-refractivity contribution < 1.29 is 114 Å². The Morgan fingerprint density at radius 1 is 0.880 bits per heavy atom. The summed E-state index contributed by atoms with van der Waals surface area (Å²) in [5.74, 6) is -2.35. The van der Waals surface area contributed by atoms with Crippen LogP contribution in [0.25, 0.3) is 0 Å². The van der Waals surface area contributed by atoms with Gasteiger partial charge in [0.1, 0.15) is 22.4 Å². The van der Waals surface area contributed by atoms with Crippen LogP contribution in [0, 0.1) is 0 Å². The summed E-state index contributed by atoms with van der Waals surface area (Å²) in [6, 6.07) is 0. The van der Waals surface area contributed by atoms with Gasteiger partial charge < -0.3 is 55.0 Å². The number of hydrogen-bond acceptors (Lipinski definition) is 9. The molecule has 1 aliphatic heterocycles. The SMILES string of the molecule is CC1(O)[C@@](C)(O)OC(C)(COP(=O)([O-])[O-])[C@@](C)(O)[C@@]1(C)O.O.O.[Na+].[Na+]. The first-order valence-corrected chi connectivity index (χ1v) is 7.64. The molecule has 0 saturated carbocycles. The van der Waals surface area contributed by atoms with Crippen molar-refractivity contribution in [1.82, 2.24) is 0 Å². The minimum Gasteiger partial charge on any atom is -0.790 e. The fourth-order valence-corrected chi connectivity index (χ4v) is 2.85. The van der Waals surface area contributed by atoms with E-state index in [0.29, 0.717) is 0 Å². The molecule has 0 spiro atoms. The predicted molar refractivity (Wildman–Crippen MR) is 72.8 cm³/mol. The molecule has 0 amide bonds. The van der Waals surface area contributed by atoms with Gasteiger partial charge in [-0.2, -0.15) is 0 Å². The Morgan fingerprint density at radius 2 is 1.24 bits per heavy atom. The minimum atomic E-state index is -5.36. The summed E-state index contributed by atoms with van der Waals surface area (Å²) in [5.41, 5.74) is -8.88. The van der Waals surface area contributed by atoms with E-state index in [-0.39, 0.29) is 70.1 Å². The first-order valence-electron chi connectivity index (χ1n) is 6.18. The molecular weight excluding hydrogens is 385 g/mol. The Labute approximate surface area is 190 Å². The maximum atomic E-state index is 10.6. The summed E-state index contributed by atoms with van der Waals surface area (Å²) in [4.78, 5) is 21.2. The molecule has 0 aromatic rings. The second-order valence-electron chi connectivity index (χ2n) is 6.25. The number of aliphatic hydroxyl groups is 4. The van der Waals surface area contributed by atoms with Gasteiger partial charge in [0.2, 0.25) is 0 Å². The monoisotopic (exact) mass is 410 g/mol. The third kappa shape index (κ3) is 5.68. The van der Waals surface area contributed by atoms with Crippen molar-refractivity contribution in [2.24, 2.45) is 0 Å². The molecule has 0 radical (unpaired) electrons. The van der Waals surface area contributed by atoms with Crippen LogP contribution in [-0.2, 0) is 13.8 Å². The third-order valence-electron chi connectivity index (χ3n) is 4.75. The van der Waals surface area contributed by atoms with Gasteiger partial charge in [-0.3, -0.25) is 0 Å². The van der Waals surface area contributed by atoms with Gasteiger partial charge >= 0.3 is 59.1 Å². The van der Waals surface area contributed by atoms with Crippen molar-refractivity contribution in [1.29, 1.82) is 0 Å². The van der Waals surface area contributed by atoms with E-state index in [2.05, 4.69) is 4.52 Å².